The molecule has 4 heteroatoms. The van der Waals surface area contributed by atoms with Gasteiger partial charge >= 0.3 is 0 Å². The maximum Gasteiger partial charge on any atom is 0.241 e. The minimum atomic E-state index is -0.0700. The first-order valence-corrected chi connectivity index (χ1v) is 3.51. The molecule has 0 aromatic carbocycles. The summed E-state index contributed by atoms with van der Waals surface area (Å²) in [6, 6.07) is 0. The summed E-state index contributed by atoms with van der Waals surface area (Å²) in [5.41, 5.74) is 3.09. The van der Waals surface area contributed by atoms with Crippen LogP contribution in [0.5, 0.6) is 0 Å². The SMILES string of the molecule is C=C(CC)N(C)C(=O)CNN. The number of hydrogen-bond acceptors (Lipinski definition) is 3. The summed E-state index contributed by atoms with van der Waals surface area (Å²) in [5, 5.41) is 0. The van der Waals surface area contributed by atoms with Crippen LogP contribution in [0, 0.1) is 0 Å². The van der Waals surface area contributed by atoms with E-state index in [0.29, 0.717) is 0 Å². The van der Waals surface area contributed by atoms with Gasteiger partial charge in [-0.15, -0.1) is 0 Å². The molecule has 0 aromatic rings. The van der Waals surface area contributed by atoms with Gasteiger partial charge in [0.2, 0.25) is 5.91 Å². The van der Waals surface area contributed by atoms with Crippen LogP contribution in [0.3, 0.4) is 0 Å². The van der Waals surface area contributed by atoms with Crippen LogP contribution in [0.15, 0.2) is 12.3 Å². The van der Waals surface area contributed by atoms with Gasteiger partial charge in [0.05, 0.1) is 6.54 Å². The highest BCUT2D eigenvalue weighted by atomic mass is 16.2. The topological polar surface area (TPSA) is 58.4 Å². The predicted octanol–water partition coefficient (Wildman–Crippen LogP) is -0.168. The molecule has 0 heterocycles. The van der Waals surface area contributed by atoms with Crippen LogP contribution in [0.1, 0.15) is 13.3 Å². The maximum atomic E-state index is 11.1. The molecule has 0 fully saturated rings. The van der Waals surface area contributed by atoms with E-state index in [1.165, 1.54) is 4.90 Å². The van der Waals surface area contributed by atoms with Gasteiger partial charge in [-0.25, -0.2) is 0 Å². The van der Waals surface area contributed by atoms with Gasteiger partial charge in [0.25, 0.3) is 0 Å². The Morgan fingerprint density at radius 3 is 2.64 bits per heavy atom. The van der Waals surface area contributed by atoms with Crippen LogP contribution >= 0.6 is 0 Å². The molecule has 0 saturated carbocycles. The number of allylic oxidation sites excluding steroid dienone is 1. The lowest BCUT2D eigenvalue weighted by molar-refractivity contribution is -0.127. The minimum absolute atomic E-state index is 0.0700. The summed E-state index contributed by atoms with van der Waals surface area (Å²) < 4.78 is 0. The number of amides is 1. The fourth-order valence-electron chi connectivity index (χ4n) is 0.619. The first-order chi connectivity index (χ1) is 5.13. The molecule has 0 aliphatic rings. The van der Waals surface area contributed by atoms with Crippen LogP contribution in [0.25, 0.3) is 0 Å². The second-order valence-electron chi connectivity index (χ2n) is 2.25. The highest BCUT2D eigenvalue weighted by molar-refractivity contribution is 5.79. The molecule has 3 N–H and O–H groups in total. The fourth-order valence-corrected chi connectivity index (χ4v) is 0.619. The number of carbonyl (C=O) groups is 1. The number of nitrogens with one attached hydrogen (secondary N) is 1. The summed E-state index contributed by atoms with van der Waals surface area (Å²) in [4.78, 5) is 12.6. The molecule has 0 unspecified atom stereocenters. The van der Waals surface area contributed by atoms with Gasteiger partial charge in [-0.2, -0.15) is 0 Å². The zero-order valence-electron chi connectivity index (χ0n) is 7.05. The first-order valence-electron chi connectivity index (χ1n) is 3.51. The summed E-state index contributed by atoms with van der Waals surface area (Å²) in [5.74, 6) is 4.91. The quantitative estimate of drug-likeness (QED) is 0.440. The number of hydrazine groups is 1. The average Bonchev–Trinajstić information content (AvgIpc) is 2.02. The van der Waals surface area contributed by atoms with E-state index >= 15 is 0 Å². The summed E-state index contributed by atoms with van der Waals surface area (Å²) >= 11 is 0. The van der Waals surface area contributed by atoms with Gasteiger partial charge in [-0.1, -0.05) is 13.5 Å². The van der Waals surface area contributed by atoms with Gasteiger partial charge in [-0.3, -0.25) is 16.1 Å². The molecule has 0 spiro atoms. The molecule has 0 atom stereocenters. The van der Waals surface area contributed by atoms with Crippen LogP contribution < -0.4 is 11.3 Å². The number of likely N-dealkylation sites (N-methyl/N-ethyl adjacent to an activating group) is 1. The molecule has 64 valence electrons. The van der Waals surface area contributed by atoms with Gasteiger partial charge in [0.15, 0.2) is 0 Å². The van der Waals surface area contributed by atoms with Crippen molar-refractivity contribution in [2.75, 3.05) is 13.6 Å². The minimum Gasteiger partial charge on any atom is -0.319 e. The van der Waals surface area contributed by atoms with Crippen LogP contribution in [0.4, 0.5) is 0 Å². The van der Waals surface area contributed by atoms with Crippen LogP contribution in [0.2, 0.25) is 0 Å². The predicted molar refractivity (Wildman–Crippen MR) is 44.4 cm³/mol. The van der Waals surface area contributed by atoms with E-state index in [0.717, 1.165) is 12.1 Å². The molecule has 0 rings (SSSR count). The average molecular weight is 157 g/mol. The Morgan fingerprint density at radius 1 is 1.73 bits per heavy atom. The largest absolute Gasteiger partial charge is 0.319 e. The third-order valence-electron chi connectivity index (χ3n) is 1.51. The Balaban J connectivity index is 3.91. The molecule has 0 bridgehead atoms. The van der Waals surface area contributed by atoms with Gasteiger partial charge in [0.1, 0.15) is 0 Å². The molecule has 4 nitrogen and oxygen atoms in total. The molecular formula is C7H15N3O. The van der Waals surface area contributed by atoms with Crippen molar-refractivity contribution in [1.82, 2.24) is 10.3 Å². The lowest BCUT2D eigenvalue weighted by atomic mass is 10.3. The normalized spacial score (nSPS) is 9.36. The first kappa shape index (κ1) is 10.1. The summed E-state index contributed by atoms with van der Waals surface area (Å²) in [7, 11) is 1.69. The molecule has 0 aliphatic carbocycles. The van der Waals surface area contributed by atoms with E-state index in [4.69, 9.17) is 5.84 Å². The smallest absolute Gasteiger partial charge is 0.241 e. The Morgan fingerprint density at radius 2 is 2.27 bits per heavy atom. The lowest BCUT2D eigenvalue weighted by Crippen LogP contribution is -2.37. The van der Waals surface area contributed by atoms with E-state index in [2.05, 4.69) is 12.0 Å². The molecule has 1 amide bonds. The van der Waals surface area contributed by atoms with E-state index in [9.17, 15) is 4.79 Å². The zero-order chi connectivity index (χ0) is 8.85. The second kappa shape index (κ2) is 4.87. The number of rotatable bonds is 4. The van der Waals surface area contributed by atoms with Crippen molar-refractivity contribution in [3.05, 3.63) is 12.3 Å². The highest BCUT2D eigenvalue weighted by Crippen LogP contribution is 2.01. The Hall–Kier alpha value is -0.870. The summed E-state index contributed by atoms with van der Waals surface area (Å²) in [6.45, 7) is 5.81. The Kier molecular flexibility index (Phi) is 4.49. The van der Waals surface area contributed by atoms with Gasteiger partial charge in [-0.05, 0) is 6.42 Å². The monoisotopic (exact) mass is 157 g/mol. The van der Waals surface area contributed by atoms with Crippen molar-refractivity contribution in [1.29, 1.82) is 0 Å². The maximum absolute atomic E-state index is 11.1. The standard InChI is InChI=1S/C7H15N3O/c1-4-6(2)10(3)7(11)5-9-8/h9H,2,4-5,8H2,1,3H3. The van der Waals surface area contributed by atoms with Crippen LogP contribution in [-0.2, 0) is 4.79 Å². The number of carbonyl (C=O) groups excluding carboxylic acids is 1. The molecule has 0 aliphatic heterocycles. The molecule has 0 aromatic heterocycles. The third-order valence-corrected chi connectivity index (χ3v) is 1.51. The lowest BCUT2D eigenvalue weighted by Gasteiger charge is -2.17. The molecule has 0 radical (unpaired) electrons. The summed E-state index contributed by atoms with van der Waals surface area (Å²) in [6.07, 6.45) is 0.771. The van der Waals surface area contributed by atoms with Crippen molar-refractivity contribution < 1.29 is 4.79 Å². The zero-order valence-corrected chi connectivity index (χ0v) is 7.05. The molecule has 0 saturated heterocycles. The Bertz CT molecular complexity index is 156. The van der Waals surface area contributed by atoms with Crippen molar-refractivity contribution >= 4 is 5.91 Å². The second-order valence-corrected chi connectivity index (χ2v) is 2.25. The van der Waals surface area contributed by atoms with Crippen molar-refractivity contribution in [2.24, 2.45) is 5.84 Å². The number of nitrogens with two attached hydrogens (primary N) is 1. The molecule has 11 heavy (non-hydrogen) atoms. The van der Waals surface area contributed by atoms with Crippen LogP contribution in [-0.4, -0.2) is 24.4 Å². The number of nitrogens with zero attached hydrogens (tertiary/aromatic N) is 1. The molecular weight excluding hydrogens is 142 g/mol. The van der Waals surface area contributed by atoms with Gasteiger partial charge < -0.3 is 4.90 Å². The van der Waals surface area contributed by atoms with Crippen molar-refractivity contribution in [3.63, 3.8) is 0 Å². The fraction of sp³-hybridized carbons (Fsp3) is 0.571. The van der Waals surface area contributed by atoms with Gasteiger partial charge in [0, 0.05) is 12.7 Å². The third kappa shape index (κ3) is 3.15. The van der Waals surface area contributed by atoms with E-state index in [-0.39, 0.29) is 12.5 Å². The number of hydrogen-bond donors (Lipinski definition) is 2. The van der Waals surface area contributed by atoms with E-state index in [1.807, 2.05) is 6.92 Å². The van der Waals surface area contributed by atoms with Crippen molar-refractivity contribution in [3.8, 4) is 0 Å². The highest BCUT2D eigenvalue weighted by Gasteiger charge is 2.08. The van der Waals surface area contributed by atoms with E-state index < -0.39 is 0 Å². The van der Waals surface area contributed by atoms with E-state index in [1.54, 1.807) is 7.05 Å². The van der Waals surface area contributed by atoms with Crippen molar-refractivity contribution in [2.45, 2.75) is 13.3 Å². The Labute approximate surface area is 67.0 Å².